The molecule has 7 heteroatoms. The quantitative estimate of drug-likeness (QED) is 0.0486. The first-order valence-corrected chi connectivity index (χ1v) is 15.4. The average molecular weight is 541 g/mol. The van der Waals surface area contributed by atoms with Crippen molar-refractivity contribution in [3.8, 4) is 0 Å². The molecule has 0 saturated heterocycles. The first-order valence-electron chi connectivity index (χ1n) is 15.4. The molecule has 0 aliphatic heterocycles. The summed E-state index contributed by atoms with van der Waals surface area (Å²) >= 11 is 0. The molecule has 3 N–H and O–H groups in total. The van der Waals surface area contributed by atoms with Crippen molar-refractivity contribution in [2.45, 2.75) is 141 Å². The minimum Gasteiger partial charge on any atom is -0.481 e. The predicted molar refractivity (Wildman–Crippen MR) is 154 cm³/mol. The Hall–Kier alpha value is -1.89. The van der Waals surface area contributed by atoms with Gasteiger partial charge in [-0.2, -0.15) is 0 Å². The molecule has 0 fully saturated rings. The van der Waals surface area contributed by atoms with Gasteiger partial charge in [0.15, 0.2) is 0 Å². The summed E-state index contributed by atoms with van der Waals surface area (Å²) < 4.78 is 0.265. The lowest BCUT2D eigenvalue weighted by Gasteiger charge is -2.38. The van der Waals surface area contributed by atoms with Crippen molar-refractivity contribution in [1.82, 2.24) is 0 Å². The van der Waals surface area contributed by atoms with E-state index in [1.807, 2.05) is 6.08 Å². The Bertz CT molecular complexity index is 576. The van der Waals surface area contributed by atoms with Gasteiger partial charge < -0.3 is 19.8 Å². The highest BCUT2D eigenvalue weighted by molar-refractivity contribution is 5.67. The summed E-state index contributed by atoms with van der Waals surface area (Å²) in [4.78, 5) is 33.4. The van der Waals surface area contributed by atoms with Crippen LogP contribution < -0.4 is 0 Å². The number of hydrogen-bond acceptors (Lipinski definition) is 3. The molecule has 0 rings (SSSR count). The Kier molecular flexibility index (Phi) is 24.1. The van der Waals surface area contributed by atoms with Gasteiger partial charge in [-0.1, -0.05) is 102 Å². The number of rotatable bonds is 30. The Balaban J connectivity index is 3.85. The molecule has 0 atom stereocenters. The SMILES string of the molecule is C=CCCCCCCCCCCCCCCCCCCCC[N+](CCC(=O)O)(CCC(=O)O)CCC(=O)O. The summed E-state index contributed by atoms with van der Waals surface area (Å²) in [7, 11) is 0. The largest absolute Gasteiger partial charge is 0.481 e. The summed E-state index contributed by atoms with van der Waals surface area (Å²) in [5, 5.41) is 27.4. The van der Waals surface area contributed by atoms with Crippen LogP contribution in [0.2, 0.25) is 0 Å². The minimum atomic E-state index is -0.931. The third-order valence-electron chi connectivity index (χ3n) is 7.69. The molecule has 0 amide bonds. The van der Waals surface area contributed by atoms with Crippen LogP contribution >= 0.6 is 0 Å². The van der Waals surface area contributed by atoms with Crippen LogP contribution in [-0.4, -0.2) is 63.9 Å². The molecule has 0 bridgehead atoms. The first kappa shape index (κ1) is 36.1. The number of carboxylic acids is 3. The molecule has 0 saturated carbocycles. The first-order chi connectivity index (χ1) is 18.3. The second-order valence-electron chi connectivity index (χ2n) is 11.1. The van der Waals surface area contributed by atoms with Crippen molar-refractivity contribution in [2.75, 3.05) is 26.2 Å². The van der Waals surface area contributed by atoms with Crippen LogP contribution in [0.5, 0.6) is 0 Å². The van der Waals surface area contributed by atoms with E-state index in [1.54, 1.807) is 0 Å². The van der Waals surface area contributed by atoms with Crippen molar-refractivity contribution in [1.29, 1.82) is 0 Å². The van der Waals surface area contributed by atoms with E-state index in [4.69, 9.17) is 15.3 Å². The van der Waals surface area contributed by atoms with Crippen LogP contribution in [0.25, 0.3) is 0 Å². The molecule has 0 aromatic rings. The molecule has 0 aromatic heterocycles. The Morgan fingerprint density at radius 3 is 0.974 bits per heavy atom. The van der Waals surface area contributed by atoms with E-state index < -0.39 is 17.9 Å². The normalized spacial score (nSPS) is 11.5. The van der Waals surface area contributed by atoms with Crippen LogP contribution in [0.15, 0.2) is 12.7 Å². The summed E-state index contributed by atoms with van der Waals surface area (Å²) in [5.74, 6) is -2.79. The van der Waals surface area contributed by atoms with Crippen LogP contribution in [0.1, 0.15) is 141 Å². The van der Waals surface area contributed by atoms with Gasteiger partial charge >= 0.3 is 17.9 Å². The van der Waals surface area contributed by atoms with Crippen LogP contribution in [0, 0.1) is 0 Å². The highest BCUT2D eigenvalue weighted by atomic mass is 16.4. The monoisotopic (exact) mass is 540 g/mol. The van der Waals surface area contributed by atoms with Gasteiger partial charge in [-0.3, -0.25) is 14.4 Å². The Morgan fingerprint density at radius 1 is 0.447 bits per heavy atom. The second-order valence-corrected chi connectivity index (χ2v) is 11.1. The number of quaternary nitrogens is 1. The number of carboxylic acid groups (broad SMARTS) is 3. The van der Waals surface area contributed by atoms with Crippen LogP contribution in [0.4, 0.5) is 0 Å². The van der Waals surface area contributed by atoms with Gasteiger partial charge in [-0.25, -0.2) is 0 Å². The predicted octanol–water partition coefficient (Wildman–Crippen LogP) is 7.83. The van der Waals surface area contributed by atoms with E-state index >= 15 is 0 Å². The number of nitrogens with zero attached hydrogens (tertiary/aromatic N) is 1. The maximum Gasteiger partial charge on any atom is 0.309 e. The number of unbranched alkanes of at least 4 members (excludes halogenated alkanes) is 18. The molecular weight excluding hydrogens is 482 g/mol. The van der Waals surface area contributed by atoms with Crippen LogP contribution in [-0.2, 0) is 14.4 Å². The Labute approximate surface area is 232 Å². The van der Waals surface area contributed by atoms with E-state index in [0.29, 0.717) is 6.54 Å². The topological polar surface area (TPSA) is 112 Å². The third-order valence-corrected chi connectivity index (χ3v) is 7.69. The van der Waals surface area contributed by atoms with Crippen LogP contribution in [0.3, 0.4) is 0 Å². The number of carbonyl (C=O) groups is 3. The summed E-state index contributed by atoms with van der Waals surface area (Å²) in [6, 6.07) is 0. The van der Waals surface area contributed by atoms with E-state index in [9.17, 15) is 14.4 Å². The van der Waals surface area contributed by atoms with Gasteiger partial charge in [-0.15, -0.1) is 6.58 Å². The minimum absolute atomic E-state index is 0.0735. The summed E-state index contributed by atoms with van der Waals surface area (Å²) in [6.45, 7) is 5.27. The summed E-state index contributed by atoms with van der Waals surface area (Å²) in [6.07, 6.45) is 26.0. The number of hydrogen-bond donors (Lipinski definition) is 3. The molecule has 0 aliphatic rings. The van der Waals surface area contributed by atoms with Gasteiger partial charge in [-0.05, 0) is 25.7 Å². The average Bonchev–Trinajstić information content (AvgIpc) is 2.88. The molecule has 222 valence electrons. The van der Waals surface area contributed by atoms with Crippen molar-refractivity contribution in [2.24, 2.45) is 0 Å². The molecule has 0 radical (unpaired) electrons. The number of allylic oxidation sites excluding steroid dienone is 1. The molecule has 0 spiro atoms. The van der Waals surface area contributed by atoms with Gasteiger partial charge in [0.25, 0.3) is 0 Å². The lowest BCUT2D eigenvalue weighted by atomic mass is 10.0. The highest BCUT2D eigenvalue weighted by Gasteiger charge is 2.29. The molecule has 38 heavy (non-hydrogen) atoms. The molecular formula is C31H58NO6+. The zero-order valence-corrected chi connectivity index (χ0v) is 24.2. The lowest BCUT2D eigenvalue weighted by molar-refractivity contribution is -0.927. The smallest absolute Gasteiger partial charge is 0.309 e. The fraction of sp³-hybridized carbons (Fsp3) is 0.839. The fourth-order valence-electron chi connectivity index (χ4n) is 5.23. The van der Waals surface area contributed by atoms with Crippen molar-refractivity contribution in [3.63, 3.8) is 0 Å². The van der Waals surface area contributed by atoms with E-state index in [-0.39, 0.29) is 43.4 Å². The van der Waals surface area contributed by atoms with Crippen molar-refractivity contribution < 1.29 is 34.2 Å². The molecule has 0 aliphatic carbocycles. The fourth-order valence-corrected chi connectivity index (χ4v) is 5.23. The van der Waals surface area contributed by atoms with E-state index in [0.717, 1.165) is 25.7 Å². The second kappa shape index (κ2) is 25.4. The number of aliphatic carboxylic acids is 3. The molecule has 0 aromatic carbocycles. The Morgan fingerprint density at radius 2 is 0.711 bits per heavy atom. The van der Waals surface area contributed by atoms with Gasteiger partial charge in [0.1, 0.15) is 0 Å². The third kappa shape index (κ3) is 24.4. The molecule has 0 heterocycles. The maximum absolute atomic E-state index is 11.1. The maximum atomic E-state index is 11.1. The van der Waals surface area contributed by atoms with Crippen molar-refractivity contribution >= 4 is 17.9 Å². The summed E-state index contributed by atoms with van der Waals surface area (Å²) in [5.41, 5.74) is 0. The van der Waals surface area contributed by atoms with Crippen molar-refractivity contribution in [3.05, 3.63) is 12.7 Å². The standard InChI is InChI=1S/C31H57NO6/c1-2-3-4-5-6-7-8-9-10-11-12-13-14-15-16-17-18-19-20-21-25-32(26-22-29(33)34,27-23-30(35)36)28-24-31(37)38/h2H,1,3-28H2,(H2-,33,34,35,36,37,38)/p+1. The zero-order chi connectivity index (χ0) is 28.3. The lowest BCUT2D eigenvalue weighted by Crippen LogP contribution is -2.52. The molecule has 0 unspecified atom stereocenters. The van der Waals surface area contributed by atoms with Gasteiger partial charge in [0, 0.05) is 0 Å². The highest BCUT2D eigenvalue weighted by Crippen LogP contribution is 2.18. The van der Waals surface area contributed by atoms with E-state index in [1.165, 1.54) is 96.3 Å². The van der Waals surface area contributed by atoms with Gasteiger partial charge in [0.05, 0.1) is 45.4 Å². The van der Waals surface area contributed by atoms with Gasteiger partial charge in [0.2, 0.25) is 0 Å². The zero-order valence-electron chi connectivity index (χ0n) is 24.2. The molecule has 7 nitrogen and oxygen atoms in total. The van der Waals surface area contributed by atoms with E-state index in [2.05, 4.69) is 6.58 Å².